The number of carbonyl (C=O) groups is 1. The molecule has 3 nitrogen and oxygen atoms in total. The lowest BCUT2D eigenvalue weighted by Crippen LogP contribution is -2.36. The summed E-state index contributed by atoms with van der Waals surface area (Å²) in [7, 11) is 0. The second kappa shape index (κ2) is 8.08. The van der Waals surface area contributed by atoms with E-state index in [0.29, 0.717) is 23.8 Å². The highest BCUT2D eigenvalue weighted by molar-refractivity contribution is 5.97. The number of rotatable bonds is 6. The molecule has 138 valence electrons. The monoisotopic (exact) mass is 366 g/mol. The summed E-state index contributed by atoms with van der Waals surface area (Å²) in [5.74, 6) is -2.28. The number of nitrogens with one attached hydrogen (secondary N) is 1. The van der Waals surface area contributed by atoms with Gasteiger partial charge in [-0.2, -0.15) is 0 Å². The molecule has 0 fully saturated rings. The van der Waals surface area contributed by atoms with Crippen molar-refractivity contribution in [3.05, 3.63) is 89.6 Å². The lowest BCUT2D eigenvalue weighted by atomic mass is 10.00. The van der Waals surface area contributed by atoms with Gasteiger partial charge in [-0.25, -0.2) is 8.78 Å². The minimum atomic E-state index is -1.01. The first-order chi connectivity index (χ1) is 12.9. The summed E-state index contributed by atoms with van der Waals surface area (Å²) in [6.45, 7) is 5.85. The fourth-order valence-electron chi connectivity index (χ4n) is 3.03. The molecule has 0 saturated carbocycles. The van der Waals surface area contributed by atoms with E-state index in [2.05, 4.69) is 16.9 Å². The Morgan fingerprint density at radius 3 is 2.63 bits per heavy atom. The Morgan fingerprint density at radius 2 is 1.93 bits per heavy atom. The smallest absolute Gasteiger partial charge is 0.253 e. The van der Waals surface area contributed by atoms with E-state index in [9.17, 15) is 13.6 Å². The van der Waals surface area contributed by atoms with Crippen molar-refractivity contribution in [2.45, 2.75) is 25.8 Å². The number of aromatic nitrogens is 1. The molecule has 1 aromatic heterocycles. The zero-order valence-corrected chi connectivity index (χ0v) is 15.0. The van der Waals surface area contributed by atoms with Crippen LogP contribution in [0.15, 0.2) is 66.9 Å². The molecule has 1 amide bonds. The van der Waals surface area contributed by atoms with Gasteiger partial charge in [0.05, 0.1) is 5.56 Å². The maximum absolute atomic E-state index is 13.8. The Morgan fingerprint density at radius 1 is 1.19 bits per heavy atom. The summed E-state index contributed by atoms with van der Waals surface area (Å²) in [5, 5.41) is 3.37. The molecule has 3 rings (SSSR count). The molecule has 1 N–H and O–H groups in total. The Bertz CT molecular complexity index is 986. The van der Waals surface area contributed by atoms with Crippen molar-refractivity contribution in [2.24, 2.45) is 0 Å². The van der Waals surface area contributed by atoms with Crippen LogP contribution in [0.2, 0.25) is 0 Å². The molecular formula is C22H20F2N2O. The molecule has 0 radical (unpaired) electrons. The molecule has 0 bridgehead atoms. The second-order valence-electron chi connectivity index (χ2n) is 6.68. The van der Waals surface area contributed by atoms with Gasteiger partial charge in [0.1, 0.15) is 5.52 Å². The highest BCUT2D eigenvalue weighted by Gasteiger charge is 2.17. The maximum atomic E-state index is 13.8. The minimum absolute atomic E-state index is 0.0886. The Labute approximate surface area is 156 Å². The molecule has 0 aliphatic rings. The van der Waals surface area contributed by atoms with Gasteiger partial charge in [-0.3, -0.25) is 9.78 Å². The first kappa shape index (κ1) is 18.7. The van der Waals surface area contributed by atoms with Gasteiger partial charge in [0.25, 0.3) is 5.91 Å². The fourth-order valence-corrected chi connectivity index (χ4v) is 3.03. The fraction of sp³-hybridized carbons (Fsp3) is 0.182. The van der Waals surface area contributed by atoms with Crippen LogP contribution in [0.5, 0.6) is 0 Å². The lowest BCUT2D eigenvalue weighted by molar-refractivity contribution is 0.0936. The summed E-state index contributed by atoms with van der Waals surface area (Å²) in [5.41, 5.74) is 2.28. The van der Waals surface area contributed by atoms with Crippen molar-refractivity contribution in [2.75, 3.05) is 0 Å². The molecule has 0 aliphatic carbocycles. The van der Waals surface area contributed by atoms with Gasteiger partial charge >= 0.3 is 0 Å². The predicted octanol–water partition coefficient (Wildman–Crippen LogP) is 4.82. The van der Waals surface area contributed by atoms with Crippen LogP contribution in [0, 0.1) is 11.6 Å². The van der Waals surface area contributed by atoms with Crippen molar-refractivity contribution in [3.63, 3.8) is 0 Å². The third-order valence-corrected chi connectivity index (χ3v) is 4.26. The predicted molar refractivity (Wildman–Crippen MR) is 102 cm³/mol. The Balaban J connectivity index is 1.81. The van der Waals surface area contributed by atoms with E-state index in [0.717, 1.165) is 17.2 Å². The van der Waals surface area contributed by atoms with Crippen LogP contribution in [0.1, 0.15) is 29.3 Å². The zero-order chi connectivity index (χ0) is 19.4. The molecule has 0 saturated heterocycles. The first-order valence-electron chi connectivity index (χ1n) is 8.67. The van der Waals surface area contributed by atoms with E-state index < -0.39 is 11.6 Å². The molecule has 2 aromatic carbocycles. The quantitative estimate of drug-likeness (QED) is 0.636. The summed E-state index contributed by atoms with van der Waals surface area (Å²) >= 11 is 0. The number of hydrogen-bond donors (Lipinski definition) is 1. The third-order valence-electron chi connectivity index (χ3n) is 4.26. The summed E-state index contributed by atoms with van der Waals surface area (Å²) in [6.07, 6.45) is 2.57. The number of carbonyl (C=O) groups excluding carboxylic acids is 1. The third kappa shape index (κ3) is 4.56. The molecule has 5 heteroatoms. The van der Waals surface area contributed by atoms with Crippen molar-refractivity contribution in [3.8, 4) is 0 Å². The number of hydrogen-bond acceptors (Lipinski definition) is 2. The van der Waals surface area contributed by atoms with Crippen molar-refractivity contribution in [1.29, 1.82) is 0 Å². The molecule has 1 heterocycles. The number of benzene rings is 2. The molecular weight excluding hydrogens is 346 g/mol. The molecule has 0 aliphatic heterocycles. The van der Waals surface area contributed by atoms with E-state index in [1.807, 2.05) is 37.3 Å². The highest BCUT2D eigenvalue weighted by Crippen LogP contribution is 2.19. The van der Waals surface area contributed by atoms with Crippen molar-refractivity contribution < 1.29 is 13.6 Å². The summed E-state index contributed by atoms with van der Waals surface area (Å²) in [4.78, 5) is 16.6. The van der Waals surface area contributed by atoms with Crippen LogP contribution >= 0.6 is 0 Å². The van der Waals surface area contributed by atoms with E-state index >= 15 is 0 Å². The number of pyridine rings is 1. The summed E-state index contributed by atoms with van der Waals surface area (Å²) < 4.78 is 27.1. The molecule has 27 heavy (non-hydrogen) atoms. The average molecular weight is 366 g/mol. The normalized spacial score (nSPS) is 12.0. The zero-order valence-electron chi connectivity index (χ0n) is 15.0. The first-order valence-corrected chi connectivity index (χ1v) is 8.67. The minimum Gasteiger partial charge on any atom is -0.349 e. The number of halogens is 2. The van der Waals surface area contributed by atoms with E-state index in [1.54, 1.807) is 0 Å². The molecule has 1 unspecified atom stereocenters. The van der Waals surface area contributed by atoms with Crippen LogP contribution in [0.3, 0.4) is 0 Å². The van der Waals surface area contributed by atoms with Crippen LogP contribution in [-0.2, 0) is 6.42 Å². The SMILES string of the molecule is C=C(C)CC(Cc1ccccc1)NC(=O)c1cnc2c(F)c(F)ccc2c1. The number of amides is 1. The van der Waals surface area contributed by atoms with E-state index in [-0.39, 0.29) is 17.5 Å². The van der Waals surface area contributed by atoms with Gasteiger partial charge < -0.3 is 5.32 Å². The highest BCUT2D eigenvalue weighted by atomic mass is 19.2. The maximum Gasteiger partial charge on any atom is 0.253 e. The number of nitrogens with zero attached hydrogens (tertiary/aromatic N) is 1. The largest absolute Gasteiger partial charge is 0.349 e. The Hall–Kier alpha value is -3.08. The standard InChI is InChI=1S/C22H20F2N2O/c1-14(2)10-18(11-15-6-4-3-5-7-15)26-22(27)17-12-16-8-9-19(23)20(24)21(16)25-13-17/h3-9,12-13,18H,1,10-11H2,2H3,(H,26,27). The van der Waals surface area contributed by atoms with Crippen LogP contribution in [0.25, 0.3) is 10.9 Å². The average Bonchev–Trinajstić information content (AvgIpc) is 2.64. The van der Waals surface area contributed by atoms with Crippen LogP contribution in [0.4, 0.5) is 8.78 Å². The molecule has 1 atom stereocenters. The van der Waals surface area contributed by atoms with Crippen molar-refractivity contribution in [1.82, 2.24) is 10.3 Å². The molecule has 3 aromatic rings. The van der Waals surface area contributed by atoms with Gasteiger partial charge in [0.15, 0.2) is 11.6 Å². The van der Waals surface area contributed by atoms with Gasteiger partial charge in [-0.1, -0.05) is 35.9 Å². The number of fused-ring (bicyclic) bond motifs is 1. The van der Waals surface area contributed by atoms with E-state index in [4.69, 9.17) is 0 Å². The van der Waals surface area contributed by atoms with Gasteiger partial charge in [0.2, 0.25) is 0 Å². The Kier molecular flexibility index (Phi) is 5.60. The van der Waals surface area contributed by atoms with Crippen molar-refractivity contribution >= 4 is 16.8 Å². The van der Waals surface area contributed by atoms with E-state index in [1.165, 1.54) is 18.3 Å². The lowest BCUT2D eigenvalue weighted by Gasteiger charge is -2.19. The topological polar surface area (TPSA) is 42.0 Å². The van der Waals surface area contributed by atoms with Gasteiger partial charge in [0, 0.05) is 17.6 Å². The summed E-state index contributed by atoms with van der Waals surface area (Å²) in [6, 6.07) is 13.7. The van der Waals surface area contributed by atoms with Gasteiger partial charge in [-0.05, 0) is 43.5 Å². The van der Waals surface area contributed by atoms with Crippen LogP contribution in [-0.4, -0.2) is 16.9 Å². The van der Waals surface area contributed by atoms with Crippen LogP contribution < -0.4 is 5.32 Å². The second-order valence-corrected chi connectivity index (χ2v) is 6.68. The molecule has 0 spiro atoms. The van der Waals surface area contributed by atoms with Gasteiger partial charge in [-0.15, -0.1) is 6.58 Å².